The SMILES string of the molecule is O=S([O-])Cc1ccc(Cl)nc1. The molecule has 0 radical (unpaired) electrons. The zero-order valence-electron chi connectivity index (χ0n) is 5.49. The van der Waals surface area contributed by atoms with Crippen molar-refractivity contribution < 1.29 is 8.76 Å². The van der Waals surface area contributed by atoms with Gasteiger partial charge in [0.25, 0.3) is 0 Å². The molecular weight excluding hydrogens is 186 g/mol. The first-order chi connectivity index (χ1) is 5.18. The van der Waals surface area contributed by atoms with Crippen molar-refractivity contribution in [2.75, 3.05) is 0 Å². The summed E-state index contributed by atoms with van der Waals surface area (Å²) in [5.41, 5.74) is 0.641. The van der Waals surface area contributed by atoms with Crippen molar-refractivity contribution in [2.24, 2.45) is 0 Å². The van der Waals surface area contributed by atoms with E-state index in [0.29, 0.717) is 10.7 Å². The number of hydrogen-bond donors (Lipinski definition) is 0. The summed E-state index contributed by atoms with van der Waals surface area (Å²) in [5, 5.41) is 0.366. The van der Waals surface area contributed by atoms with Gasteiger partial charge in [0.2, 0.25) is 0 Å². The van der Waals surface area contributed by atoms with E-state index < -0.39 is 11.1 Å². The van der Waals surface area contributed by atoms with Crippen molar-refractivity contribution in [3.8, 4) is 0 Å². The summed E-state index contributed by atoms with van der Waals surface area (Å²) in [6.45, 7) is 0. The minimum atomic E-state index is -2.06. The van der Waals surface area contributed by atoms with Gasteiger partial charge in [-0.15, -0.1) is 0 Å². The van der Waals surface area contributed by atoms with Gasteiger partial charge in [0.15, 0.2) is 0 Å². The van der Waals surface area contributed by atoms with E-state index in [9.17, 15) is 8.76 Å². The Morgan fingerprint density at radius 1 is 1.64 bits per heavy atom. The van der Waals surface area contributed by atoms with Crippen molar-refractivity contribution >= 4 is 22.7 Å². The molecule has 1 atom stereocenters. The summed E-state index contributed by atoms with van der Waals surface area (Å²) in [5.74, 6) is -0.00975. The van der Waals surface area contributed by atoms with Gasteiger partial charge in [-0.25, -0.2) is 4.98 Å². The Kier molecular flexibility index (Phi) is 2.99. The number of halogens is 1. The molecule has 60 valence electrons. The van der Waals surface area contributed by atoms with E-state index in [4.69, 9.17) is 11.6 Å². The van der Waals surface area contributed by atoms with Crippen LogP contribution in [0.1, 0.15) is 5.56 Å². The average Bonchev–Trinajstić information content (AvgIpc) is 1.93. The molecule has 0 aliphatic heterocycles. The number of rotatable bonds is 2. The summed E-state index contributed by atoms with van der Waals surface area (Å²) in [6, 6.07) is 3.19. The first-order valence-electron chi connectivity index (χ1n) is 2.85. The third-order valence-corrected chi connectivity index (χ3v) is 1.87. The van der Waals surface area contributed by atoms with E-state index in [1.54, 1.807) is 12.1 Å². The summed E-state index contributed by atoms with van der Waals surface area (Å²) in [7, 11) is 0. The van der Waals surface area contributed by atoms with E-state index in [-0.39, 0.29) is 5.75 Å². The molecule has 1 rings (SSSR count). The predicted octanol–water partition coefficient (Wildman–Crippen LogP) is 1.11. The summed E-state index contributed by atoms with van der Waals surface area (Å²) in [4.78, 5) is 3.72. The number of pyridine rings is 1. The molecule has 0 amide bonds. The van der Waals surface area contributed by atoms with Crippen LogP contribution < -0.4 is 0 Å². The molecule has 0 saturated heterocycles. The Hall–Kier alpha value is -0.450. The largest absolute Gasteiger partial charge is 0.772 e. The Labute approximate surface area is 71.7 Å². The van der Waals surface area contributed by atoms with Crippen molar-refractivity contribution in [1.29, 1.82) is 0 Å². The maximum Gasteiger partial charge on any atom is 0.129 e. The van der Waals surface area contributed by atoms with E-state index in [0.717, 1.165) is 0 Å². The molecule has 3 nitrogen and oxygen atoms in total. The molecule has 1 aromatic rings. The van der Waals surface area contributed by atoms with Gasteiger partial charge >= 0.3 is 0 Å². The summed E-state index contributed by atoms with van der Waals surface area (Å²) in [6.07, 6.45) is 1.44. The van der Waals surface area contributed by atoms with Crippen molar-refractivity contribution in [2.45, 2.75) is 5.75 Å². The first kappa shape index (κ1) is 8.64. The lowest BCUT2D eigenvalue weighted by atomic mass is 10.3. The minimum Gasteiger partial charge on any atom is -0.772 e. The number of hydrogen-bond acceptors (Lipinski definition) is 3. The van der Waals surface area contributed by atoms with Crippen molar-refractivity contribution in [3.05, 3.63) is 29.0 Å². The van der Waals surface area contributed by atoms with Crippen molar-refractivity contribution in [1.82, 2.24) is 4.98 Å². The standard InChI is InChI=1S/C6H6ClNO2S/c7-6-2-1-5(3-8-6)4-11(9)10/h1-3H,4H2,(H,9,10)/p-1. The van der Waals surface area contributed by atoms with Crippen LogP contribution in [0.5, 0.6) is 0 Å². The second kappa shape index (κ2) is 3.80. The van der Waals surface area contributed by atoms with Gasteiger partial charge in [0.05, 0.1) is 0 Å². The minimum absolute atomic E-state index is 0.00975. The van der Waals surface area contributed by atoms with Gasteiger partial charge in [-0.1, -0.05) is 28.7 Å². The third-order valence-electron chi connectivity index (χ3n) is 1.07. The Morgan fingerprint density at radius 2 is 2.36 bits per heavy atom. The quantitative estimate of drug-likeness (QED) is 0.519. The molecule has 1 aromatic heterocycles. The zero-order chi connectivity index (χ0) is 8.27. The van der Waals surface area contributed by atoms with Crippen LogP contribution in [-0.2, 0) is 16.8 Å². The topological polar surface area (TPSA) is 53.0 Å². The first-order valence-corrected chi connectivity index (χ1v) is 4.47. The fraction of sp³-hybridized carbons (Fsp3) is 0.167. The van der Waals surface area contributed by atoms with Crippen LogP contribution in [0, 0.1) is 0 Å². The maximum atomic E-state index is 10.2. The van der Waals surface area contributed by atoms with E-state index in [1.165, 1.54) is 6.20 Å². The van der Waals surface area contributed by atoms with Gasteiger partial charge in [0.1, 0.15) is 5.15 Å². The molecule has 5 heteroatoms. The highest BCUT2D eigenvalue weighted by atomic mass is 35.5. The second-order valence-corrected chi connectivity index (χ2v) is 3.22. The smallest absolute Gasteiger partial charge is 0.129 e. The maximum absolute atomic E-state index is 10.2. The van der Waals surface area contributed by atoms with Gasteiger partial charge in [-0.3, -0.25) is 4.21 Å². The van der Waals surface area contributed by atoms with Crippen LogP contribution >= 0.6 is 11.6 Å². The van der Waals surface area contributed by atoms with Crippen LogP contribution in [0.2, 0.25) is 5.15 Å². The van der Waals surface area contributed by atoms with E-state index in [1.807, 2.05) is 0 Å². The molecule has 0 saturated carbocycles. The summed E-state index contributed by atoms with van der Waals surface area (Å²) < 4.78 is 20.4. The molecule has 0 bridgehead atoms. The van der Waals surface area contributed by atoms with Crippen LogP contribution in [-0.4, -0.2) is 13.7 Å². The number of nitrogens with zero attached hydrogens (tertiary/aromatic N) is 1. The fourth-order valence-electron chi connectivity index (χ4n) is 0.628. The lowest BCUT2D eigenvalue weighted by Gasteiger charge is -2.03. The lowest BCUT2D eigenvalue weighted by molar-refractivity contribution is 0.536. The predicted molar refractivity (Wildman–Crippen MR) is 41.9 cm³/mol. The van der Waals surface area contributed by atoms with Gasteiger partial charge in [-0.2, -0.15) is 0 Å². The Morgan fingerprint density at radius 3 is 2.82 bits per heavy atom. The monoisotopic (exact) mass is 190 g/mol. The van der Waals surface area contributed by atoms with Gasteiger partial charge in [0, 0.05) is 11.9 Å². The zero-order valence-corrected chi connectivity index (χ0v) is 7.06. The highest BCUT2D eigenvalue weighted by Gasteiger charge is 1.92. The fourth-order valence-corrected chi connectivity index (χ4v) is 1.18. The molecule has 0 fully saturated rings. The van der Waals surface area contributed by atoms with E-state index >= 15 is 0 Å². The molecule has 0 aliphatic carbocycles. The van der Waals surface area contributed by atoms with Crippen molar-refractivity contribution in [3.63, 3.8) is 0 Å². The number of aromatic nitrogens is 1. The Bertz CT molecular complexity index is 262. The van der Waals surface area contributed by atoms with Gasteiger partial charge in [-0.05, 0) is 11.6 Å². The molecule has 1 unspecified atom stereocenters. The van der Waals surface area contributed by atoms with Crippen LogP contribution in [0.15, 0.2) is 18.3 Å². The summed E-state index contributed by atoms with van der Waals surface area (Å²) >= 11 is 3.43. The van der Waals surface area contributed by atoms with Crippen LogP contribution in [0.4, 0.5) is 0 Å². The normalized spacial score (nSPS) is 12.9. The van der Waals surface area contributed by atoms with E-state index in [2.05, 4.69) is 4.98 Å². The highest BCUT2D eigenvalue weighted by molar-refractivity contribution is 7.78. The molecule has 1 heterocycles. The molecule has 0 aromatic carbocycles. The molecule has 0 aliphatic rings. The van der Waals surface area contributed by atoms with Crippen LogP contribution in [0.3, 0.4) is 0 Å². The van der Waals surface area contributed by atoms with Gasteiger partial charge < -0.3 is 4.55 Å². The second-order valence-electron chi connectivity index (χ2n) is 1.94. The molecule has 0 spiro atoms. The highest BCUT2D eigenvalue weighted by Crippen LogP contribution is 2.06. The Balaban J connectivity index is 2.74. The molecule has 11 heavy (non-hydrogen) atoms. The third kappa shape index (κ3) is 2.96. The molecular formula is C6H5ClNO2S-. The lowest BCUT2D eigenvalue weighted by Crippen LogP contribution is -1.93. The molecule has 0 N–H and O–H groups in total. The average molecular weight is 191 g/mol. The van der Waals surface area contributed by atoms with Crippen LogP contribution in [0.25, 0.3) is 0 Å².